The van der Waals surface area contributed by atoms with Crippen LogP contribution >= 0.6 is 0 Å². The molecule has 0 aliphatic heterocycles. The van der Waals surface area contributed by atoms with Crippen LogP contribution in [-0.2, 0) is 0 Å². The summed E-state index contributed by atoms with van der Waals surface area (Å²) in [5.74, 6) is 1.00. The fraction of sp³-hybridized carbons (Fsp3) is 0.857. The third-order valence-corrected chi connectivity index (χ3v) is 3.22. The molecule has 1 unspecified atom stereocenters. The summed E-state index contributed by atoms with van der Waals surface area (Å²) in [4.78, 5) is 0. The van der Waals surface area contributed by atoms with Gasteiger partial charge in [-0.15, -0.1) is 6.58 Å². The van der Waals surface area contributed by atoms with Crippen LogP contribution in [0.2, 0.25) is 0 Å². The van der Waals surface area contributed by atoms with Crippen LogP contribution in [0.5, 0.6) is 0 Å². The van der Waals surface area contributed by atoms with Gasteiger partial charge < -0.3 is 5.32 Å². The van der Waals surface area contributed by atoms with Crippen molar-refractivity contribution in [2.75, 3.05) is 6.54 Å². The second-order valence-corrected chi connectivity index (χ2v) is 5.10. The van der Waals surface area contributed by atoms with E-state index >= 15 is 0 Å². The maximum absolute atomic E-state index is 3.95. The van der Waals surface area contributed by atoms with Gasteiger partial charge in [0.1, 0.15) is 0 Å². The fourth-order valence-electron chi connectivity index (χ4n) is 2.12. The maximum Gasteiger partial charge on any atom is 0.00953 e. The zero-order valence-corrected chi connectivity index (χ0v) is 10.5. The Morgan fingerprint density at radius 3 is 2.67 bits per heavy atom. The number of hydrogen-bond acceptors (Lipinski definition) is 1. The van der Waals surface area contributed by atoms with E-state index in [4.69, 9.17) is 0 Å². The first-order valence-electron chi connectivity index (χ1n) is 6.61. The van der Waals surface area contributed by atoms with Gasteiger partial charge in [-0.1, -0.05) is 18.9 Å². The summed E-state index contributed by atoms with van der Waals surface area (Å²) in [5.41, 5.74) is 1.33. The molecule has 0 aromatic rings. The lowest BCUT2D eigenvalue weighted by molar-refractivity contribution is 0.419. The highest BCUT2D eigenvalue weighted by molar-refractivity contribution is 4.89. The van der Waals surface area contributed by atoms with Crippen LogP contribution in [0.1, 0.15) is 58.8 Å². The summed E-state index contributed by atoms with van der Waals surface area (Å²) in [6.45, 7) is 9.53. The summed E-state index contributed by atoms with van der Waals surface area (Å²) >= 11 is 0. The van der Waals surface area contributed by atoms with Gasteiger partial charge in [-0.25, -0.2) is 0 Å². The highest BCUT2D eigenvalue weighted by atomic mass is 14.9. The topological polar surface area (TPSA) is 12.0 Å². The van der Waals surface area contributed by atoms with Crippen molar-refractivity contribution in [3.05, 3.63) is 12.2 Å². The molecule has 88 valence electrons. The second-order valence-electron chi connectivity index (χ2n) is 5.10. The molecule has 0 amide bonds. The molecule has 1 rings (SSSR count). The number of unbranched alkanes of at least 4 members (excludes halogenated alkanes) is 1. The van der Waals surface area contributed by atoms with Crippen LogP contribution in [0.15, 0.2) is 12.2 Å². The first-order chi connectivity index (χ1) is 7.24. The van der Waals surface area contributed by atoms with Gasteiger partial charge in [0.05, 0.1) is 0 Å². The molecule has 1 aliphatic rings. The number of rotatable bonds is 9. The molecular formula is C14H27N. The van der Waals surface area contributed by atoms with Gasteiger partial charge >= 0.3 is 0 Å². The van der Waals surface area contributed by atoms with Crippen LogP contribution in [0.25, 0.3) is 0 Å². The molecule has 0 saturated heterocycles. The molecule has 1 saturated carbocycles. The van der Waals surface area contributed by atoms with E-state index < -0.39 is 0 Å². The van der Waals surface area contributed by atoms with Crippen LogP contribution in [0.3, 0.4) is 0 Å². The summed E-state index contributed by atoms with van der Waals surface area (Å²) < 4.78 is 0. The van der Waals surface area contributed by atoms with Gasteiger partial charge in [0, 0.05) is 6.04 Å². The Morgan fingerprint density at radius 1 is 1.40 bits per heavy atom. The fourth-order valence-corrected chi connectivity index (χ4v) is 2.12. The molecule has 0 heterocycles. The van der Waals surface area contributed by atoms with E-state index in [9.17, 15) is 0 Å². The monoisotopic (exact) mass is 209 g/mol. The van der Waals surface area contributed by atoms with E-state index in [-0.39, 0.29) is 0 Å². The van der Waals surface area contributed by atoms with E-state index in [1.54, 1.807) is 0 Å². The van der Waals surface area contributed by atoms with Crippen molar-refractivity contribution >= 4 is 0 Å². The van der Waals surface area contributed by atoms with Gasteiger partial charge in [0.15, 0.2) is 0 Å². The zero-order chi connectivity index (χ0) is 11.1. The van der Waals surface area contributed by atoms with Gasteiger partial charge in [-0.2, -0.15) is 0 Å². The van der Waals surface area contributed by atoms with Crippen LogP contribution in [0, 0.1) is 5.92 Å². The summed E-state index contributed by atoms with van der Waals surface area (Å²) in [7, 11) is 0. The van der Waals surface area contributed by atoms with Gasteiger partial charge in [0.25, 0.3) is 0 Å². The predicted molar refractivity (Wildman–Crippen MR) is 68.1 cm³/mol. The third-order valence-electron chi connectivity index (χ3n) is 3.22. The first-order valence-corrected chi connectivity index (χ1v) is 6.61. The van der Waals surface area contributed by atoms with Crippen LogP contribution in [0.4, 0.5) is 0 Å². The molecule has 0 aromatic heterocycles. The van der Waals surface area contributed by atoms with Gasteiger partial charge in [-0.3, -0.25) is 0 Å². The lowest BCUT2D eigenvalue weighted by atomic mass is 10.0. The van der Waals surface area contributed by atoms with Gasteiger partial charge in [-0.05, 0) is 57.9 Å². The molecule has 1 aliphatic carbocycles. The maximum atomic E-state index is 3.95. The molecule has 15 heavy (non-hydrogen) atoms. The third kappa shape index (κ3) is 5.99. The standard InChI is InChI=1S/C14H27N/c1-4-11-15-14(13-9-10-13)8-6-5-7-12(2)3/h13-15H,2,4-11H2,1,3H3. The summed E-state index contributed by atoms with van der Waals surface area (Å²) in [5, 5.41) is 3.70. The Labute approximate surface area is 95.3 Å². The number of allylic oxidation sites excluding steroid dienone is 1. The average Bonchev–Trinajstić information content (AvgIpc) is 3.00. The molecule has 0 spiro atoms. The molecule has 1 nitrogen and oxygen atoms in total. The molecule has 1 atom stereocenters. The highest BCUT2D eigenvalue weighted by Crippen LogP contribution is 2.34. The molecule has 1 heteroatoms. The van der Waals surface area contributed by atoms with Crippen LogP contribution in [-0.4, -0.2) is 12.6 Å². The van der Waals surface area contributed by atoms with Crippen LogP contribution < -0.4 is 5.32 Å². The normalized spacial score (nSPS) is 17.7. The van der Waals surface area contributed by atoms with Crippen molar-refractivity contribution in [2.24, 2.45) is 5.92 Å². The lowest BCUT2D eigenvalue weighted by Crippen LogP contribution is -2.31. The van der Waals surface area contributed by atoms with Crippen molar-refractivity contribution in [2.45, 2.75) is 64.8 Å². The van der Waals surface area contributed by atoms with Gasteiger partial charge in [0.2, 0.25) is 0 Å². The van der Waals surface area contributed by atoms with E-state index in [1.165, 1.54) is 57.1 Å². The van der Waals surface area contributed by atoms with E-state index in [0.29, 0.717) is 0 Å². The van der Waals surface area contributed by atoms with Crippen molar-refractivity contribution in [1.82, 2.24) is 5.32 Å². The largest absolute Gasteiger partial charge is 0.314 e. The molecule has 1 fully saturated rings. The average molecular weight is 209 g/mol. The summed E-state index contributed by atoms with van der Waals surface area (Å²) in [6.07, 6.45) is 9.46. The minimum Gasteiger partial charge on any atom is -0.314 e. The molecular weight excluding hydrogens is 182 g/mol. The molecule has 0 bridgehead atoms. The Kier molecular flexibility index (Phi) is 6.00. The number of nitrogens with one attached hydrogen (secondary N) is 1. The SMILES string of the molecule is C=C(C)CCCCC(NCCC)C1CC1. The quantitative estimate of drug-likeness (QED) is 0.448. The minimum absolute atomic E-state index is 0.815. The first kappa shape index (κ1) is 12.8. The Hall–Kier alpha value is -0.300. The van der Waals surface area contributed by atoms with Crippen molar-refractivity contribution in [3.63, 3.8) is 0 Å². The van der Waals surface area contributed by atoms with E-state index in [2.05, 4.69) is 25.7 Å². The van der Waals surface area contributed by atoms with E-state index in [0.717, 1.165) is 12.0 Å². The Bertz CT molecular complexity index is 182. The highest BCUT2D eigenvalue weighted by Gasteiger charge is 2.29. The summed E-state index contributed by atoms with van der Waals surface area (Å²) in [6, 6.07) is 0.815. The van der Waals surface area contributed by atoms with E-state index in [1.807, 2.05) is 0 Å². The van der Waals surface area contributed by atoms with Crippen molar-refractivity contribution in [1.29, 1.82) is 0 Å². The Balaban J connectivity index is 2.06. The minimum atomic E-state index is 0.815. The number of hydrogen-bond donors (Lipinski definition) is 1. The predicted octanol–water partition coefficient (Wildman–Crippen LogP) is 3.90. The van der Waals surface area contributed by atoms with Crippen molar-refractivity contribution in [3.8, 4) is 0 Å². The molecule has 1 N–H and O–H groups in total. The Morgan fingerprint density at radius 2 is 2.13 bits per heavy atom. The lowest BCUT2D eigenvalue weighted by Gasteiger charge is -2.17. The molecule has 0 aromatic carbocycles. The zero-order valence-electron chi connectivity index (χ0n) is 10.5. The molecule has 0 radical (unpaired) electrons. The second kappa shape index (κ2) is 7.05. The smallest absolute Gasteiger partial charge is 0.00953 e. The van der Waals surface area contributed by atoms with Crippen molar-refractivity contribution < 1.29 is 0 Å².